The van der Waals surface area contributed by atoms with E-state index in [1.807, 2.05) is 25.1 Å². The van der Waals surface area contributed by atoms with Gasteiger partial charge >= 0.3 is 0 Å². The van der Waals surface area contributed by atoms with Gasteiger partial charge in [0, 0.05) is 10.7 Å². The van der Waals surface area contributed by atoms with Gasteiger partial charge in [0.15, 0.2) is 6.10 Å². The number of halogens is 1. The smallest absolute Gasteiger partial charge is 0.267 e. The monoisotopic (exact) mass is 380 g/mol. The summed E-state index contributed by atoms with van der Waals surface area (Å²) in [5.41, 5.74) is 1.89. The molecule has 0 spiro atoms. The lowest BCUT2D eigenvalue weighted by molar-refractivity contribution is -0.122. The molecule has 2 aromatic rings. The van der Waals surface area contributed by atoms with Crippen molar-refractivity contribution in [2.45, 2.75) is 13.0 Å². The number of benzene rings is 2. The molecule has 3 rings (SSSR count). The molecule has 132 valence electrons. The molecule has 0 aromatic heterocycles. The van der Waals surface area contributed by atoms with E-state index >= 15 is 0 Å². The predicted octanol–water partition coefficient (Wildman–Crippen LogP) is 2.81. The molecule has 0 saturated carbocycles. The minimum Gasteiger partial charge on any atom is -0.476 e. The lowest BCUT2D eigenvalue weighted by atomic mass is 10.2. The molecule has 1 aliphatic heterocycles. The fourth-order valence-electron chi connectivity index (χ4n) is 2.60. The van der Waals surface area contributed by atoms with Gasteiger partial charge < -0.3 is 10.1 Å². The predicted molar refractivity (Wildman–Crippen MR) is 97.9 cm³/mol. The third-order valence-electron chi connectivity index (χ3n) is 3.89. The molecule has 1 N–H and O–H groups in total. The number of nitrogens with one attached hydrogen (secondary N) is 1. The molecule has 8 heteroatoms. The van der Waals surface area contributed by atoms with Crippen LogP contribution in [0.4, 0.5) is 11.4 Å². The highest BCUT2D eigenvalue weighted by molar-refractivity contribution is 7.92. The van der Waals surface area contributed by atoms with E-state index in [0.717, 1.165) is 16.1 Å². The van der Waals surface area contributed by atoms with Crippen molar-refractivity contribution in [3.05, 3.63) is 53.1 Å². The van der Waals surface area contributed by atoms with Crippen LogP contribution in [-0.4, -0.2) is 33.2 Å². The van der Waals surface area contributed by atoms with Crippen LogP contribution in [0.25, 0.3) is 0 Å². The quantitative estimate of drug-likeness (QED) is 0.888. The zero-order chi connectivity index (χ0) is 18.2. The van der Waals surface area contributed by atoms with E-state index in [0.29, 0.717) is 22.1 Å². The standard InChI is InChI=1S/C17H17ClN2O4S/c1-11-5-3-4-6-13(11)19-17(21)16-10-20(25(2,22)23)14-9-12(18)7-8-15(14)24-16/h3-9,16H,10H2,1-2H3,(H,19,21)/t16-/m0/s1. The molecule has 1 aliphatic rings. The van der Waals surface area contributed by atoms with Crippen LogP contribution in [0.15, 0.2) is 42.5 Å². The Kier molecular flexibility index (Phi) is 4.62. The average Bonchev–Trinajstić information content (AvgIpc) is 2.55. The van der Waals surface area contributed by atoms with Gasteiger partial charge in [0.2, 0.25) is 10.0 Å². The summed E-state index contributed by atoms with van der Waals surface area (Å²) in [4.78, 5) is 12.6. The van der Waals surface area contributed by atoms with Crippen molar-refractivity contribution >= 4 is 38.9 Å². The number of ether oxygens (including phenoxy) is 1. The van der Waals surface area contributed by atoms with Crippen LogP contribution in [0.1, 0.15) is 5.56 Å². The molecule has 1 atom stereocenters. The maximum atomic E-state index is 12.6. The first-order valence-corrected chi connectivity index (χ1v) is 9.79. The fraction of sp³-hybridized carbons (Fsp3) is 0.235. The van der Waals surface area contributed by atoms with E-state index in [9.17, 15) is 13.2 Å². The van der Waals surface area contributed by atoms with Crippen molar-refractivity contribution in [3.8, 4) is 5.75 Å². The molecular weight excluding hydrogens is 364 g/mol. The Balaban J connectivity index is 1.90. The van der Waals surface area contributed by atoms with E-state index < -0.39 is 22.0 Å². The molecule has 0 saturated heterocycles. The van der Waals surface area contributed by atoms with Crippen LogP contribution in [-0.2, 0) is 14.8 Å². The number of nitrogens with zero attached hydrogens (tertiary/aromatic N) is 1. The number of amides is 1. The van der Waals surface area contributed by atoms with Gasteiger partial charge in [-0.05, 0) is 36.8 Å². The molecular formula is C17H17ClN2O4S. The van der Waals surface area contributed by atoms with Crippen LogP contribution in [0, 0.1) is 6.92 Å². The second-order valence-electron chi connectivity index (χ2n) is 5.82. The van der Waals surface area contributed by atoms with Crippen molar-refractivity contribution < 1.29 is 17.9 Å². The minimum atomic E-state index is -3.59. The molecule has 0 unspecified atom stereocenters. The number of hydrogen-bond acceptors (Lipinski definition) is 4. The Morgan fingerprint density at radius 2 is 2.00 bits per heavy atom. The number of anilines is 2. The van der Waals surface area contributed by atoms with E-state index in [1.165, 1.54) is 6.07 Å². The third kappa shape index (κ3) is 3.72. The number of aryl methyl sites for hydroxylation is 1. The van der Waals surface area contributed by atoms with Crippen LogP contribution in [0.3, 0.4) is 0 Å². The van der Waals surface area contributed by atoms with E-state index in [4.69, 9.17) is 16.3 Å². The Morgan fingerprint density at radius 3 is 2.68 bits per heavy atom. The number of carbonyl (C=O) groups is 1. The Morgan fingerprint density at radius 1 is 1.28 bits per heavy atom. The molecule has 25 heavy (non-hydrogen) atoms. The highest BCUT2D eigenvalue weighted by Gasteiger charge is 2.35. The third-order valence-corrected chi connectivity index (χ3v) is 5.27. The largest absolute Gasteiger partial charge is 0.476 e. The van der Waals surface area contributed by atoms with E-state index in [-0.39, 0.29) is 6.54 Å². The van der Waals surface area contributed by atoms with Gasteiger partial charge in [-0.3, -0.25) is 9.10 Å². The number of fused-ring (bicyclic) bond motifs is 1. The maximum Gasteiger partial charge on any atom is 0.267 e. The number of rotatable bonds is 3. The highest BCUT2D eigenvalue weighted by atomic mass is 35.5. The summed E-state index contributed by atoms with van der Waals surface area (Å²) in [5, 5.41) is 3.17. The Hall–Kier alpha value is -2.25. The SMILES string of the molecule is Cc1ccccc1NC(=O)[C@@H]1CN(S(C)(=O)=O)c2cc(Cl)ccc2O1. The average molecular weight is 381 g/mol. The molecule has 1 amide bonds. The Bertz CT molecular complexity index is 930. The summed E-state index contributed by atoms with van der Waals surface area (Å²) in [6.45, 7) is 1.75. The van der Waals surface area contributed by atoms with Crippen molar-refractivity contribution in [2.24, 2.45) is 0 Å². The van der Waals surface area contributed by atoms with Gasteiger partial charge in [0.05, 0.1) is 18.5 Å². The van der Waals surface area contributed by atoms with Gasteiger partial charge in [-0.25, -0.2) is 8.42 Å². The number of sulfonamides is 1. The lowest BCUT2D eigenvalue weighted by Crippen LogP contribution is -2.48. The molecule has 0 aliphatic carbocycles. The summed E-state index contributed by atoms with van der Waals surface area (Å²) in [6, 6.07) is 12.0. The lowest BCUT2D eigenvalue weighted by Gasteiger charge is -2.34. The maximum absolute atomic E-state index is 12.6. The van der Waals surface area contributed by atoms with Crippen LogP contribution in [0.5, 0.6) is 5.75 Å². The summed E-state index contributed by atoms with van der Waals surface area (Å²) in [5.74, 6) is -0.116. The van der Waals surface area contributed by atoms with Crippen LogP contribution < -0.4 is 14.4 Å². The van der Waals surface area contributed by atoms with Crippen LogP contribution >= 0.6 is 11.6 Å². The van der Waals surface area contributed by atoms with E-state index in [1.54, 1.807) is 18.2 Å². The number of hydrogen-bond donors (Lipinski definition) is 1. The van der Waals surface area contributed by atoms with E-state index in [2.05, 4.69) is 5.32 Å². The van der Waals surface area contributed by atoms with Gasteiger partial charge in [0.25, 0.3) is 5.91 Å². The molecule has 1 heterocycles. The van der Waals surface area contributed by atoms with Crippen molar-refractivity contribution in [1.29, 1.82) is 0 Å². The zero-order valence-corrected chi connectivity index (χ0v) is 15.3. The normalized spacial score (nSPS) is 16.8. The van der Waals surface area contributed by atoms with Crippen molar-refractivity contribution in [1.82, 2.24) is 0 Å². The molecule has 0 bridgehead atoms. The van der Waals surface area contributed by atoms with Gasteiger partial charge in [-0.1, -0.05) is 29.8 Å². The topological polar surface area (TPSA) is 75.7 Å². The summed E-state index contributed by atoms with van der Waals surface area (Å²) in [7, 11) is -3.59. The molecule has 0 radical (unpaired) electrons. The minimum absolute atomic E-state index is 0.121. The van der Waals surface area contributed by atoms with Gasteiger partial charge in [0.1, 0.15) is 5.75 Å². The summed E-state index contributed by atoms with van der Waals surface area (Å²) < 4.78 is 31.1. The highest BCUT2D eigenvalue weighted by Crippen LogP contribution is 2.37. The summed E-state index contributed by atoms with van der Waals surface area (Å²) >= 11 is 5.96. The first-order chi connectivity index (χ1) is 11.8. The Labute approximate surface area is 151 Å². The second-order valence-corrected chi connectivity index (χ2v) is 8.16. The first kappa shape index (κ1) is 17.6. The zero-order valence-electron chi connectivity index (χ0n) is 13.7. The fourth-order valence-corrected chi connectivity index (χ4v) is 3.67. The molecule has 6 nitrogen and oxygen atoms in total. The van der Waals surface area contributed by atoms with Crippen LogP contribution in [0.2, 0.25) is 5.02 Å². The van der Waals surface area contributed by atoms with Gasteiger partial charge in [-0.15, -0.1) is 0 Å². The number of para-hydroxylation sites is 1. The summed E-state index contributed by atoms with van der Waals surface area (Å²) in [6.07, 6.45) is 0.113. The number of carbonyl (C=O) groups excluding carboxylic acids is 1. The molecule has 2 aromatic carbocycles. The first-order valence-electron chi connectivity index (χ1n) is 7.56. The second kappa shape index (κ2) is 6.57. The van der Waals surface area contributed by atoms with Crippen molar-refractivity contribution in [3.63, 3.8) is 0 Å². The molecule has 0 fully saturated rings. The van der Waals surface area contributed by atoms with Crippen molar-refractivity contribution in [2.75, 3.05) is 22.4 Å². The van der Waals surface area contributed by atoms with Gasteiger partial charge in [-0.2, -0.15) is 0 Å².